The van der Waals surface area contributed by atoms with E-state index in [0.29, 0.717) is 17.1 Å². The first kappa shape index (κ1) is 17.6. The van der Waals surface area contributed by atoms with Crippen LogP contribution in [0.3, 0.4) is 0 Å². The summed E-state index contributed by atoms with van der Waals surface area (Å²) < 4.78 is 10.2. The second-order valence-electron chi connectivity index (χ2n) is 5.47. The van der Waals surface area contributed by atoms with Crippen LogP contribution in [0.25, 0.3) is 6.08 Å². The molecule has 1 amide bonds. The molecule has 1 atom stereocenters. The zero-order chi connectivity index (χ0) is 17.7. The summed E-state index contributed by atoms with van der Waals surface area (Å²) in [5, 5.41) is 16.6. The zero-order valence-electron chi connectivity index (χ0n) is 14.3. The standard InChI is InChI=1S/C18H22N2O4/c1-5-14(18-11(2)20-24-12(18)3)19-17(22)9-7-13-6-8-16(23-4)15(21)10-13/h6-10,14,21H,5H2,1-4H3,(H,19,22)/b9-7+/t14-/m0/s1. The highest BCUT2D eigenvalue weighted by Gasteiger charge is 2.19. The Balaban J connectivity index is 2.07. The average molecular weight is 330 g/mol. The molecule has 1 aromatic carbocycles. The highest BCUT2D eigenvalue weighted by atomic mass is 16.5. The Kier molecular flexibility index (Phi) is 5.63. The summed E-state index contributed by atoms with van der Waals surface area (Å²) in [6.07, 6.45) is 3.79. The number of rotatable bonds is 6. The van der Waals surface area contributed by atoms with Gasteiger partial charge in [-0.05, 0) is 44.0 Å². The molecule has 2 rings (SSSR count). The highest BCUT2D eigenvalue weighted by Crippen LogP contribution is 2.27. The van der Waals surface area contributed by atoms with Crippen molar-refractivity contribution in [1.29, 1.82) is 0 Å². The van der Waals surface area contributed by atoms with Gasteiger partial charge < -0.3 is 19.7 Å². The van der Waals surface area contributed by atoms with Crippen molar-refractivity contribution in [1.82, 2.24) is 10.5 Å². The van der Waals surface area contributed by atoms with Crippen LogP contribution in [-0.2, 0) is 4.79 Å². The number of aryl methyl sites for hydroxylation is 2. The van der Waals surface area contributed by atoms with E-state index in [4.69, 9.17) is 9.26 Å². The molecule has 128 valence electrons. The lowest BCUT2D eigenvalue weighted by Gasteiger charge is -2.15. The number of carbonyl (C=O) groups is 1. The molecule has 0 aliphatic carbocycles. The number of hydrogen-bond acceptors (Lipinski definition) is 5. The largest absolute Gasteiger partial charge is 0.504 e. The second-order valence-corrected chi connectivity index (χ2v) is 5.47. The Hall–Kier alpha value is -2.76. The molecule has 0 aliphatic heterocycles. The number of carbonyl (C=O) groups excluding carboxylic acids is 1. The van der Waals surface area contributed by atoms with Gasteiger partial charge in [-0.15, -0.1) is 0 Å². The first-order chi connectivity index (χ1) is 11.5. The van der Waals surface area contributed by atoms with E-state index in [1.165, 1.54) is 19.3 Å². The number of aromatic nitrogens is 1. The predicted octanol–water partition coefficient (Wildman–Crippen LogP) is 3.29. The van der Waals surface area contributed by atoms with E-state index in [1.807, 2.05) is 20.8 Å². The smallest absolute Gasteiger partial charge is 0.244 e. The molecule has 24 heavy (non-hydrogen) atoms. The molecular weight excluding hydrogens is 308 g/mol. The van der Waals surface area contributed by atoms with Gasteiger partial charge in [0.25, 0.3) is 0 Å². The lowest BCUT2D eigenvalue weighted by atomic mass is 10.0. The minimum Gasteiger partial charge on any atom is -0.504 e. The fourth-order valence-corrected chi connectivity index (χ4v) is 2.57. The second kappa shape index (κ2) is 7.68. The molecule has 0 saturated carbocycles. The van der Waals surface area contributed by atoms with E-state index in [0.717, 1.165) is 17.7 Å². The number of nitrogens with one attached hydrogen (secondary N) is 1. The van der Waals surface area contributed by atoms with Gasteiger partial charge in [-0.3, -0.25) is 4.79 Å². The predicted molar refractivity (Wildman–Crippen MR) is 90.8 cm³/mol. The number of methoxy groups -OCH3 is 1. The molecule has 6 nitrogen and oxygen atoms in total. The van der Waals surface area contributed by atoms with Gasteiger partial charge >= 0.3 is 0 Å². The summed E-state index contributed by atoms with van der Waals surface area (Å²) in [6, 6.07) is 4.78. The van der Waals surface area contributed by atoms with Crippen molar-refractivity contribution in [2.45, 2.75) is 33.2 Å². The number of nitrogens with zero attached hydrogens (tertiary/aromatic N) is 1. The summed E-state index contributed by atoms with van der Waals surface area (Å²) in [4.78, 5) is 12.2. The fourth-order valence-electron chi connectivity index (χ4n) is 2.57. The van der Waals surface area contributed by atoms with Gasteiger partial charge in [0.1, 0.15) is 5.76 Å². The van der Waals surface area contributed by atoms with Crippen molar-refractivity contribution in [3.63, 3.8) is 0 Å². The monoisotopic (exact) mass is 330 g/mol. The van der Waals surface area contributed by atoms with Gasteiger partial charge in [0.15, 0.2) is 11.5 Å². The number of aromatic hydroxyl groups is 1. The van der Waals surface area contributed by atoms with Crippen LogP contribution in [0.15, 0.2) is 28.8 Å². The molecule has 0 spiro atoms. The van der Waals surface area contributed by atoms with Crippen LogP contribution < -0.4 is 10.1 Å². The molecule has 0 bridgehead atoms. The lowest BCUT2D eigenvalue weighted by molar-refractivity contribution is -0.117. The van der Waals surface area contributed by atoms with Gasteiger partial charge in [0.05, 0.1) is 18.8 Å². The number of benzene rings is 1. The van der Waals surface area contributed by atoms with Gasteiger partial charge in [-0.1, -0.05) is 18.1 Å². The number of phenols is 1. The third-order valence-electron chi connectivity index (χ3n) is 3.79. The minimum atomic E-state index is -0.225. The van der Waals surface area contributed by atoms with Crippen LogP contribution >= 0.6 is 0 Å². The zero-order valence-corrected chi connectivity index (χ0v) is 14.3. The molecule has 0 saturated heterocycles. The maximum atomic E-state index is 12.2. The Morgan fingerprint density at radius 2 is 2.21 bits per heavy atom. The molecular formula is C18H22N2O4. The van der Waals surface area contributed by atoms with E-state index in [-0.39, 0.29) is 17.7 Å². The minimum absolute atomic E-state index is 0.0298. The van der Waals surface area contributed by atoms with Crippen molar-refractivity contribution in [2.24, 2.45) is 0 Å². The van der Waals surface area contributed by atoms with Crippen molar-refractivity contribution < 1.29 is 19.2 Å². The first-order valence-electron chi connectivity index (χ1n) is 7.74. The molecule has 2 N–H and O–H groups in total. The van der Waals surface area contributed by atoms with Gasteiger partial charge in [0, 0.05) is 11.6 Å². The number of phenolic OH excluding ortho intramolecular Hbond substituents is 1. The summed E-state index contributed by atoms with van der Waals surface area (Å²) in [5.41, 5.74) is 2.40. The van der Waals surface area contributed by atoms with Crippen molar-refractivity contribution in [3.05, 3.63) is 46.9 Å². The Labute approximate surface area is 141 Å². The number of ether oxygens (including phenoxy) is 1. The maximum Gasteiger partial charge on any atom is 0.244 e. The Morgan fingerprint density at radius 3 is 2.75 bits per heavy atom. The molecule has 6 heteroatoms. The molecule has 1 aromatic heterocycles. The molecule has 0 radical (unpaired) electrons. The van der Waals surface area contributed by atoms with E-state index in [2.05, 4.69) is 10.5 Å². The van der Waals surface area contributed by atoms with E-state index in [1.54, 1.807) is 18.2 Å². The normalized spacial score (nSPS) is 12.3. The summed E-state index contributed by atoms with van der Waals surface area (Å²) in [5.74, 6) is 0.907. The van der Waals surface area contributed by atoms with Gasteiger partial charge in [-0.2, -0.15) is 0 Å². The topological polar surface area (TPSA) is 84.6 Å². The van der Waals surface area contributed by atoms with E-state index >= 15 is 0 Å². The summed E-state index contributed by atoms with van der Waals surface area (Å²) in [6.45, 7) is 5.68. The highest BCUT2D eigenvalue weighted by molar-refractivity contribution is 5.92. The van der Waals surface area contributed by atoms with Crippen LogP contribution in [0.2, 0.25) is 0 Å². The summed E-state index contributed by atoms with van der Waals surface area (Å²) >= 11 is 0. The Morgan fingerprint density at radius 1 is 1.46 bits per heavy atom. The SMILES string of the molecule is CC[C@H](NC(=O)/C=C/c1ccc(OC)c(O)c1)c1c(C)noc1C. The van der Waals surface area contributed by atoms with Crippen LogP contribution in [0.1, 0.15) is 42.0 Å². The van der Waals surface area contributed by atoms with Crippen LogP contribution in [0.5, 0.6) is 11.5 Å². The van der Waals surface area contributed by atoms with Crippen molar-refractivity contribution in [3.8, 4) is 11.5 Å². The van der Waals surface area contributed by atoms with Crippen LogP contribution in [0.4, 0.5) is 0 Å². The molecule has 2 aromatic rings. The van der Waals surface area contributed by atoms with Crippen molar-refractivity contribution >= 4 is 12.0 Å². The Bertz CT molecular complexity index is 730. The van der Waals surface area contributed by atoms with Gasteiger partial charge in [-0.25, -0.2) is 0 Å². The maximum absolute atomic E-state index is 12.2. The van der Waals surface area contributed by atoms with Crippen LogP contribution in [0, 0.1) is 13.8 Å². The van der Waals surface area contributed by atoms with E-state index in [9.17, 15) is 9.90 Å². The summed E-state index contributed by atoms with van der Waals surface area (Å²) in [7, 11) is 1.48. The van der Waals surface area contributed by atoms with Gasteiger partial charge in [0.2, 0.25) is 5.91 Å². The number of amides is 1. The van der Waals surface area contributed by atoms with E-state index < -0.39 is 0 Å². The fraction of sp³-hybridized carbons (Fsp3) is 0.333. The lowest BCUT2D eigenvalue weighted by Crippen LogP contribution is -2.27. The molecule has 0 fully saturated rings. The number of hydrogen-bond donors (Lipinski definition) is 2. The molecule has 0 aliphatic rings. The third kappa shape index (κ3) is 3.95. The molecule has 1 heterocycles. The first-order valence-corrected chi connectivity index (χ1v) is 7.74. The quantitative estimate of drug-likeness (QED) is 0.794. The van der Waals surface area contributed by atoms with Crippen molar-refractivity contribution in [2.75, 3.05) is 7.11 Å². The molecule has 0 unspecified atom stereocenters. The van der Waals surface area contributed by atoms with Crippen LogP contribution in [-0.4, -0.2) is 23.3 Å². The average Bonchev–Trinajstić information content (AvgIpc) is 2.90. The third-order valence-corrected chi connectivity index (χ3v) is 3.79.